The van der Waals surface area contributed by atoms with E-state index in [0.717, 1.165) is 10.6 Å². The van der Waals surface area contributed by atoms with Gasteiger partial charge in [0.15, 0.2) is 0 Å². The smallest absolute Gasteiger partial charge is 0.251 e. The van der Waals surface area contributed by atoms with Crippen molar-refractivity contribution >= 4 is 23.1 Å². The van der Waals surface area contributed by atoms with Gasteiger partial charge in [0, 0.05) is 23.2 Å². The minimum atomic E-state index is -0.526. The number of hydrogen-bond donors (Lipinski definition) is 1. The molecule has 0 saturated heterocycles. The van der Waals surface area contributed by atoms with Gasteiger partial charge >= 0.3 is 0 Å². The second kappa shape index (κ2) is 8.66. The molecular weight excluding hydrogens is 376 g/mol. The van der Waals surface area contributed by atoms with E-state index < -0.39 is 5.41 Å². The molecule has 0 fully saturated rings. The third-order valence-corrected chi connectivity index (χ3v) is 5.70. The molecule has 0 radical (unpaired) electrons. The Morgan fingerprint density at radius 1 is 0.828 bits per heavy atom. The Balaban J connectivity index is 2.43. The summed E-state index contributed by atoms with van der Waals surface area (Å²) in [4.78, 5) is 15.9. The van der Waals surface area contributed by atoms with E-state index in [-0.39, 0.29) is 17.0 Å². The van der Waals surface area contributed by atoms with Crippen molar-refractivity contribution in [2.75, 3.05) is 6.54 Å². The normalized spacial score (nSPS) is 14.0. The molecule has 1 amide bonds. The number of hydrogen-bond acceptors (Lipinski definition) is 2. The Morgan fingerprint density at radius 2 is 1.28 bits per heavy atom. The summed E-state index contributed by atoms with van der Waals surface area (Å²) in [5, 5.41) is 3.12. The zero-order valence-electron chi connectivity index (χ0n) is 18.7. The minimum absolute atomic E-state index is 0.0892. The Kier molecular flexibility index (Phi) is 6.89. The Morgan fingerprint density at radius 3 is 1.72 bits per heavy atom. The van der Waals surface area contributed by atoms with E-state index in [4.69, 9.17) is 12.2 Å². The molecule has 156 valence electrons. The van der Waals surface area contributed by atoms with E-state index in [2.05, 4.69) is 70.8 Å². The van der Waals surface area contributed by atoms with Gasteiger partial charge < -0.3 is 10.2 Å². The first-order valence-electron chi connectivity index (χ1n) is 10.1. The monoisotopic (exact) mass is 410 g/mol. The van der Waals surface area contributed by atoms with Crippen LogP contribution in [0.5, 0.6) is 0 Å². The fourth-order valence-electron chi connectivity index (χ4n) is 3.92. The molecule has 0 unspecified atom stereocenters. The molecule has 0 aliphatic heterocycles. The molecule has 2 rings (SSSR count). The Hall–Kier alpha value is -2.20. The van der Waals surface area contributed by atoms with Gasteiger partial charge in [-0.15, -0.1) is 0 Å². The van der Waals surface area contributed by atoms with Crippen LogP contribution in [0.15, 0.2) is 60.7 Å². The summed E-state index contributed by atoms with van der Waals surface area (Å²) >= 11 is 6.13. The number of rotatable bonds is 5. The lowest BCUT2D eigenvalue weighted by molar-refractivity contribution is 0.0943. The van der Waals surface area contributed by atoms with Crippen molar-refractivity contribution in [1.29, 1.82) is 0 Å². The van der Waals surface area contributed by atoms with E-state index >= 15 is 0 Å². The molecule has 4 heteroatoms. The predicted octanol–water partition coefficient (Wildman–Crippen LogP) is 5.60. The van der Waals surface area contributed by atoms with Crippen LogP contribution in [-0.2, 0) is 5.41 Å². The molecule has 0 aliphatic rings. The summed E-state index contributed by atoms with van der Waals surface area (Å²) in [6, 6.07) is 19.5. The van der Waals surface area contributed by atoms with Crippen molar-refractivity contribution in [2.45, 2.75) is 65.0 Å². The molecule has 0 saturated carbocycles. The van der Waals surface area contributed by atoms with Gasteiger partial charge in [-0.05, 0) is 66.2 Å². The number of benzene rings is 2. The second-order valence-corrected chi connectivity index (χ2v) is 10.1. The minimum Gasteiger partial charge on any atom is -0.356 e. The molecule has 0 spiro atoms. The quantitative estimate of drug-likeness (QED) is 0.651. The van der Waals surface area contributed by atoms with Gasteiger partial charge in [-0.1, -0.05) is 60.7 Å². The molecule has 2 aromatic rings. The van der Waals surface area contributed by atoms with E-state index in [1.807, 2.05) is 48.5 Å². The number of carbonyl (C=O) groups is 1. The molecular formula is C25H34N2OS. The molecule has 1 N–H and O–H groups in total. The highest BCUT2D eigenvalue weighted by molar-refractivity contribution is 7.80. The SMILES string of the molecule is CC(C)(C)N(C(=S)[C@@](C)(CNC(=O)c1ccccc1)c1ccccc1)C(C)(C)C. The van der Waals surface area contributed by atoms with Gasteiger partial charge in [-0.2, -0.15) is 0 Å². The zero-order chi connectivity index (χ0) is 21.9. The van der Waals surface area contributed by atoms with Crippen LogP contribution < -0.4 is 5.32 Å². The van der Waals surface area contributed by atoms with E-state index in [9.17, 15) is 4.79 Å². The van der Waals surface area contributed by atoms with Crippen molar-refractivity contribution < 1.29 is 4.79 Å². The summed E-state index contributed by atoms with van der Waals surface area (Å²) < 4.78 is 0. The van der Waals surface area contributed by atoms with Gasteiger partial charge in [-0.25, -0.2) is 0 Å². The van der Waals surface area contributed by atoms with Crippen LogP contribution in [-0.4, -0.2) is 33.4 Å². The van der Waals surface area contributed by atoms with Crippen molar-refractivity contribution in [3.8, 4) is 0 Å². The fourth-order valence-corrected chi connectivity index (χ4v) is 4.66. The first-order valence-corrected chi connectivity index (χ1v) is 10.5. The summed E-state index contributed by atoms with van der Waals surface area (Å²) in [5.41, 5.74) is 0.903. The lowest BCUT2D eigenvalue weighted by Gasteiger charge is -2.51. The molecule has 1 atom stereocenters. The lowest BCUT2D eigenvalue weighted by Crippen LogP contribution is -2.61. The van der Waals surface area contributed by atoms with Gasteiger partial charge in [0.2, 0.25) is 0 Å². The predicted molar refractivity (Wildman–Crippen MR) is 127 cm³/mol. The molecule has 29 heavy (non-hydrogen) atoms. The number of nitrogens with one attached hydrogen (secondary N) is 1. The van der Waals surface area contributed by atoms with Crippen molar-refractivity contribution in [1.82, 2.24) is 10.2 Å². The number of nitrogens with zero attached hydrogens (tertiary/aromatic N) is 1. The standard InChI is InChI=1S/C25H34N2OS/c1-23(2,3)27(24(4,5)6)22(29)25(7,20-16-12-9-13-17-20)18-26-21(28)19-14-10-8-11-15-19/h8-17H,18H2,1-7H3,(H,26,28)/t25-/m0/s1. The van der Waals surface area contributed by atoms with Crippen LogP contribution in [0.3, 0.4) is 0 Å². The highest BCUT2D eigenvalue weighted by Gasteiger charge is 2.42. The molecule has 3 nitrogen and oxygen atoms in total. The van der Waals surface area contributed by atoms with E-state index in [0.29, 0.717) is 12.1 Å². The zero-order valence-corrected chi connectivity index (χ0v) is 19.6. The van der Waals surface area contributed by atoms with Gasteiger partial charge in [-0.3, -0.25) is 4.79 Å². The summed E-state index contributed by atoms with van der Waals surface area (Å²) in [6.45, 7) is 15.6. The van der Waals surface area contributed by atoms with Crippen LogP contribution >= 0.6 is 12.2 Å². The number of thiocarbonyl (C=S) groups is 1. The maximum absolute atomic E-state index is 12.7. The maximum atomic E-state index is 12.7. The van der Waals surface area contributed by atoms with Crippen LogP contribution in [0, 0.1) is 0 Å². The van der Waals surface area contributed by atoms with Crippen molar-refractivity contribution in [2.24, 2.45) is 0 Å². The molecule has 0 bridgehead atoms. The summed E-state index contributed by atoms with van der Waals surface area (Å²) in [6.07, 6.45) is 0. The molecule has 0 aromatic heterocycles. The third kappa shape index (κ3) is 5.45. The van der Waals surface area contributed by atoms with Crippen LogP contribution in [0.25, 0.3) is 0 Å². The molecule has 2 aromatic carbocycles. The van der Waals surface area contributed by atoms with E-state index in [1.54, 1.807) is 0 Å². The Labute approximate surface area is 181 Å². The third-order valence-electron chi connectivity index (χ3n) is 5.07. The highest BCUT2D eigenvalue weighted by Crippen LogP contribution is 2.35. The first-order chi connectivity index (χ1) is 13.4. The number of amides is 1. The second-order valence-electron chi connectivity index (χ2n) is 9.73. The average molecular weight is 411 g/mol. The average Bonchev–Trinajstić information content (AvgIpc) is 2.65. The molecule has 0 aliphatic carbocycles. The fraction of sp³-hybridized carbons (Fsp3) is 0.440. The van der Waals surface area contributed by atoms with Crippen molar-refractivity contribution in [3.05, 3.63) is 71.8 Å². The van der Waals surface area contributed by atoms with Crippen molar-refractivity contribution in [3.63, 3.8) is 0 Å². The van der Waals surface area contributed by atoms with Gasteiger partial charge in [0.25, 0.3) is 5.91 Å². The number of carbonyl (C=O) groups excluding carboxylic acids is 1. The van der Waals surface area contributed by atoms with Gasteiger partial charge in [0.1, 0.15) is 0 Å². The topological polar surface area (TPSA) is 32.3 Å². The summed E-state index contributed by atoms with van der Waals surface area (Å²) in [7, 11) is 0. The lowest BCUT2D eigenvalue weighted by atomic mass is 9.79. The molecule has 0 heterocycles. The largest absolute Gasteiger partial charge is 0.356 e. The first kappa shape index (κ1) is 23.1. The van der Waals surface area contributed by atoms with Crippen LogP contribution in [0.4, 0.5) is 0 Å². The van der Waals surface area contributed by atoms with Gasteiger partial charge in [0.05, 0.1) is 10.4 Å². The van der Waals surface area contributed by atoms with Crippen LogP contribution in [0.1, 0.15) is 64.4 Å². The highest BCUT2D eigenvalue weighted by atomic mass is 32.1. The van der Waals surface area contributed by atoms with E-state index in [1.165, 1.54) is 0 Å². The Bertz CT molecular complexity index is 821. The van der Waals surface area contributed by atoms with Crippen LogP contribution in [0.2, 0.25) is 0 Å². The summed E-state index contributed by atoms with van der Waals surface area (Å²) in [5.74, 6) is -0.0892. The maximum Gasteiger partial charge on any atom is 0.251 e.